The number of amides is 1. The predicted octanol–water partition coefficient (Wildman–Crippen LogP) is 3.58. The SMILES string of the molecule is COc1ccc(-c2nc(C(=O)N[C@H]3CCC[C@@H]3O)c([C@H](C)N)o2)c2ccc(C(F)(F)F)nc12. The number of hydrogen-bond donors (Lipinski definition) is 3. The number of aromatic nitrogens is 2. The molecule has 0 spiro atoms. The van der Waals surface area contributed by atoms with Crippen LogP contribution >= 0.6 is 0 Å². The average Bonchev–Trinajstić information content (AvgIpc) is 3.38. The van der Waals surface area contributed by atoms with Gasteiger partial charge < -0.3 is 25.3 Å². The van der Waals surface area contributed by atoms with E-state index in [-0.39, 0.29) is 28.6 Å². The van der Waals surface area contributed by atoms with E-state index in [0.29, 0.717) is 23.8 Å². The van der Waals surface area contributed by atoms with Gasteiger partial charge in [0.25, 0.3) is 5.91 Å². The van der Waals surface area contributed by atoms with Gasteiger partial charge in [-0.2, -0.15) is 13.2 Å². The number of oxazole rings is 1. The number of nitrogens with one attached hydrogen (secondary N) is 1. The molecule has 1 aromatic carbocycles. The highest BCUT2D eigenvalue weighted by Crippen LogP contribution is 2.37. The zero-order valence-corrected chi connectivity index (χ0v) is 17.9. The van der Waals surface area contributed by atoms with E-state index in [1.165, 1.54) is 19.2 Å². The lowest BCUT2D eigenvalue weighted by Crippen LogP contribution is -2.40. The van der Waals surface area contributed by atoms with Crippen LogP contribution in [0, 0.1) is 0 Å². The van der Waals surface area contributed by atoms with E-state index in [4.69, 9.17) is 14.9 Å². The normalized spacial score (nSPS) is 19.6. The minimum atomic E-state index is -4.63. The molecule has 3 aromatic rings. The van der Waals surface area contributed by atoms with Crippen LogP contribution in [0.25, 0.3) is 22.4 Å². The Morgan fingerprint density at radius 3 is 2.64 bits per heavy atom. The van der Waals surface area contributed by atoms with Crippen LogP contribution in [-0.4, -0.2) is 40.2 Å². The van der Waals surface area contributed by atoms with Crippen molar-refractivity contribution in [2.24, 2.45) is 5.73 Å². The Hall–Kier alpha value is -3.18. The first-order chi connectivity index (χ1) is 15.6. The van der Waals surface area contributed by atoms with Crippen molar-refractivity contribution in [3.63, 3.8) is 0 Å². The Bertz CT molecular complexity index is 1190. The van der Waals surface area contributed by atoms with Gasteiger partial charge in [0.15, 0.2) is 11.5 Å². The zero-order valence-electron chi connectivity index (χ0n) is 17.9. The maximum atomic E-state index is 13.2. The summed E-state index contributed by atoms with van der Waals surface area (Å²) in [5.41, 5.74) is 5.19. The van der Waals surface area contributed by atoms with Crippen LogP contribution in [0.4, 0.5) is 13.2 Å². The van der Waals surface area contributed by atoms with E-state index in [1.54, 1.807) is 13.0 Å². The molecule has 0 bridgehead atoms. The highest BCUT2D eigenvalue weighted by atomic mass is 19.4. The van der Waals surface area contributed by atoms with Crippen molar-refractivity contribution in [3.05, 3.63) is 41.4 Å². The Labute approximate surface area is 187 Å². The first-order valence-corrected chi connectivity index (χ1v) is 10.4. The van der Waals surface area contributed by atoms with Gasteiger partial charge in [0.1, 0.15) is 17.0 Å². The molecular weight excluding hydrogens is 441 g/mol. The number of pyridine rings is 1. The summed E-state index contributed by atoms with van der Waals surface area (Å²) in [6.07, 6.45) is -3.24. The van der Waals surface area contributed by atoms with Gasteiger partial charge in [-0.15, -0.1) is 0 Å². The van der Waals surface area contributed by atoms with E-state index in [0.717, 1.165) is 12.5 Å². The van der Waals surface area contributed by atoms with Crippen LogP contribution in [0.15, 0.2) is 28.7 Å². The Balaban J connectivity index is 1.79. The monoisotopic (exact) mass is 464 g/mol. The summed E-state index contributed by atoms with van der Waals surface area (Å²) in [5, 5.41) is 13.1. The fourth-order valence-corrected chi connectivity index (χ4v) is 3.97. The van der Waals surface area contributed by atoms with Crippen LogP contribution in [0.1, 0.15) is 54.2 Å². The molecule has 4 N–H and O–H groups in total. The smallest absolute Gasteiger partial charge is 0.433 e. The van der Waals surface area contributed by atoms with Crippen molar-refractivity contribution in [2.75, 3.05) is 7.11 Å². The van der Waals surface area contributed by atoms with Crippen molar-refractivity contribution in [3.8, 4) is 17.2 Å². The highest BCUT2D eigenvalue weighted by molar-refractivity contribution is 5.98. The molecule has 0 unspecified atom stereocenters. The molecule has 1 aliphatic carbocycles. The first-order valence-electron chi connectivity index (χ1n) is 10.4. The van der Waals surface area contributed by atoms with E-state index >= 15 is 0 Å². The molecule has 3 atom stereocenters. The molecule has 0 radical (unpaired) electrons. The second kappa shape index (κ2) is 8.64. The second-order valence-electron chi connectivity index (χ2n) is 8.00. The lowest BCUT2D eigenvalue weighted by atomic mass is 10.1. The Morgan fingerprint density at radius 1 is 1.27 bits per heavy atom. The average molecular weight is 464 g/mol. The molecule has 0 saturated heterocycles. The van der Waals surface area contributed by atoms with E-state index in [2.05, 4.69) is 15.3 Å². The quantitative estimate of drug-likeness (QED) is 0.527. The lowest BCUT2D eigenvalue weighted by molar-refractivity contribution is -0.140. The number of methoxy groups -OCH3 is 1. The number of carbonyl (C=O) groups is 1. The van der Waals surface area contributed by atoms with Gasteiger partial charge in [-0.1, -0.05) is 0 Å². The summed E-state index contributed by atoms with van der Waals surface area (Å²) in [5.74, 6) is -0.266. The number of nitrogens with zero attached hydrogens (tertiary/aromatic N) is 2. The second-order valence-corrected chi connectivity index (χ2v) is 8.00. The third-order valence-corrected chi connectivity index (χ3v) is 5.64. The Kier molecular flexibility index (Phi) is 6.02. The molecule has 176 valence electrons. The molecule has 33 heavy (non-hydrogen) atoms. The number of fused-ring (bicyclic) bond motifs is 1. The maximum Gasteiger partial charge on any atom is 0.433 e. The van der Waals surface area contributed by atoms with E-state index in [9.17, 15) is 23.1 Å². The van der Waals surface area contributed by atoms with Crippen LogP contribution < -0.4 is 15.8 Å². The standard InChI is InChI=1S/C22H23F3N4O4/c1-10(26)19-18(20(31)27-13-4-3-5-14(13)30)29-21(33-19)12-6-8-15(32-2)17-11(12)7-9-16(28-17)22(23,24)25/h6-10,13-14,30H,3-5,26H2,1-2H3,(H,27,31)/t10-,13-,14-/m0/s1. The van der Waals surface area contributed by atoms with Crippen LogP contribution in [0.3, 0.4) is 0 Å². The number of hydrogen-bond acceptors (Lipinski definition) is 7. The number of benzene rings is 1. The number of alkyl halides is 3. The third-order valence-electron chi connectivity index (χ3n) is 5.64. The number of carbonyl (C=O) groups excluding carboxylic acids is 1. The number of nitrogens with two attached hydrogens (primary N) is 1. The molecule has 11 heteroatoms. The van der Waals surface area contributed by atoms with Crippen molar-refractivity contribution in [1.82, 2.24) is 15.3 Å². The van der Waals surface area contributed by atoms with Crippen LogP contribution in [-0.2, 0) is 6.18 Å². The minimum absolute atomic E-state index is 0.00799. The molecule has 0 aliphatic heterocycles. The minimum Gasteiger partial charge on any atom is -0.494 e. The number of halogens is 3. The lowest BCUT2D eigenvalue weighted by Gasteiger charge is -2.15. The molecule has 4 rings (SSSR count). The fourth-order valence-electron chi connectivity index (χ4n) is 3.97. The van der Waals surface area contributed by atoms with Crippen molar-refractivity contribution >= 4 is 16.8 Å². The maximum absolute atomic E-state index is 13.2. The van der Waals surface area contributed by atoms with Gasteiger partial charge >= 0.3 is 6.18 Å². The van der Waals surface area contributed by atoms with Crippen molar-refractivity contribution < 1.29 is 32.2 Å². The zero-order chi connectivity index (χ0) is 23.9. The number of ether oxygens (including phenoxy) is 1. The van der Waals surface area contributed by atoms with Crippen LogP contribution in [0.5, 0.6) is 5.75 Å². The molecular formula is C22H23F3N4O4. The largest absolute Gasteiger partial charge is 0.494 e. The summed E-state index contributed by atoms with van der Waals surface area (Å²) in [6.45, 7) is 1.62. The molecule has 1 aliphatic rings. The highest BCUT2D eigenvalue weighted by Gasteiger charge is 2.34. The van der Waals surface area contributed by atoms with Crippen molar-refractivity contribution in [1.29, 1.82) is 0 Å². The molecule has 1 amide bonds. The van der Waals surface area contributed by atoms with Gasteiger partial charge in [0.2, 0.25) is 5.89 Å². The van der Waals surface area contributed by atoms with Gasteiger partial charge in [0, 0.05) is 10.9 Å². The summed E-state index contributed by atoms with van der Waals surface area (Å²) in [7, 11) is 1.33. The van der Waals surface area contributed by atoms with Gasteiger partial charge in [-0.25, -0.2) is 9.97 Å². The van der Waals surface area contributed by atoms with Gasteiger partial charge in [0.05, 0.1) is 25.3 Å². The van der Waals surface area contributed by atoms with E-state index < -0.39 is 36.0 Å². The number of aliphatic hydroxyl groups excluding tert-OH is 1. The fraction of sp³-hybridized carbons (Fsp3) is 0.409. The van der Waals surface area contributed by atoms with Crippen molar-refractivity contribution in [2.45, 2.75) is 50.6 Å². The number of rotatable bonds is 5. The molecule has 1 fully saturated rings. The summed E-state index contributed by atoms with van der Waals surface area (Å²) in [6, 6.07) is 4.05. The van der Waals surface area contributed by atoms with Crippen LogP contribution in [0.2, 0.25) is 0 Å². The number of aliphatic hydroxyl groups is 1. The topological polar surface area (TPSA) is 124 Å². The first kappa shape index (κ1) is 23.0. The molecule has 2 heterocycles. The summed E-state index contributed by atoms with van der Waals surface area (Å²) < 4.78 is 50.6. The summed E-state index contributed by atoms with van der Waals surface area (Å²) in [4.78, 5) is 20.9. The van der Waals surface area contributed by atoms with Gasteiger partial charge in [-0.3, -0.25) is 4.79 Å². The third kappa shape index (κ3) is 4.38. The Morgan fingerprint density at radius 2 is 2.03 bits per heavy atom. The van der Waals surface area contributed by atoms with Gasteiger partial charge in [-0.05, 0) is 50.5 Å². The molecule has 8 nitrogen and oxygen atoms in total. The molecule has 2 aromatic heterocycles. The summed E-state index contributed by atoms with van der Waals surface area (Å²) >= 11 is 0. The molecule has 1 saturated carbocycles. The van der Waals surface area contributed by atoms with E-state index in [1.807, 2.05) is 0 Å². The predicted molar refractivity (Wildman–Crippen MR) is 113 cm³/mol.